The molecule has 5 rings (SSSR count). The lowest BCUT2D eigenvalue weighted by molar-refractivity contribution is -0.0633. The Morgan fingerprint density at radius 3 is 3.04 bits per heavy atom. The van der Waals surface area contributed by atoms with E-state index in [0.717, 1.165) is 18.6 Å². The van der Waals surface area contributed by atoms with Crippen molar-refractivity contribution in [2.45, 2.75) is 57.0 Å². The number of aliphatic hydroxyl groups is 1. The number of methoxy groups -OCH3 is 1. The van der Waals surface area contributed by atoms with Crippen LogP contribution in [0.4, 0.5) is 0 Å². The zero-order chi connectivity index (χ0) is 16.6. The molecule has 130 valence electrons. The van der Waals surface area contributed by atoms with E-state index < -0.39 is 5.60 Å². The zero-order valence-corrected chi connectivity index (χ0v) is 14.8. The van der Waals surface area contributed by atoms with Gasteiger partial charge in [-0.25, -0.2) is 0 Å². The van der Waals surface area contributed by atoms with E-state index in [0.29, 0.717) is 29.8 Å². The summed E-state index contributed by atoms with van der Waals surface area (Å²) in [5.74, 6) is 2.71. The fourth-order valence-corrected chi connectivity index (χ4v) is 7.29. The van der Waals surface area contributed by atoms with Gasteiger partial charge in [0.15, 0.2) is 0 Å². The average molecular weight is 328 g/mol. The van der Waals surface area contributed by atoms with Gasteiger partial charge in [-0.15, -0.1) is 0 Å². The van der Waals surface area contributed by atoms with Gasteiger partial charge >= 0.3 is 0 Å². The minimum atomic E-state index is -0.605. The summed E-state index contributed by atoms with van der Waals surface area (Å²) in [6.45, 7) is 2.96. The zero-order valence-electron chi connectivity index (χ0n) is 14.8. The van der Waals surface area contributed by atoms with Crippen molar-refractivity contribution in [2.24, 2.45) is 22.7 Å². The van der Waals surface area contributed by atoms with E-state index >= 15 is 0 Å². The molecule has 1 N–H and O–H groups in total. The van der Waals surface area contributed by atoms with Gasteiger partial charge in [0.2, 0.25) is 0 Å². The van der Waals surface area contributed by atoms with Crippen molar-refractivity contribution in [1.29, 1.82) is 0 Å². The van der Waals surface area contributed by atoms with Gasteiger partial charge in [0, 0.05) is 12.7 Å². The fourth-order valence-electron chi connectivity index (χ4n) is 7.29. The molecule has 4 aliphatic carbocycles. The molecule has 1 heterocycles. The Balaban J connectivity index is 1.55. The van der Waals surface area contributed by atoms with E-state index in [1.54, 1.807) is 7.11 Å². The normalized spacial score (nSPS) is 48.7. The second kappa shape index (κ2) is 4.76. The summed E-state index contributed by atoms with van der Waals surface area (Å²) in [6, 6.07) is 2.18. The first-order valence-electron chi connectivity index (χ1n) is 9.49. The highest BCUT2D eigenvalue weighted by atomic mass is 16.5. The van der Waals surface area contributed by atoms with Crippen molar-refractivity contribution in [1.82, 2.24) is 0 Å². The molecule has 3 saturated carbocycles. The maximum Gasteiger partial charge on any atom is 0.129 e. The van der Waals surface area contributed by atoms with E-state index in [9.17, 15) is 5.11 Å². The van der Waals surface area contributed by atoms with Crippen molar-refractivity contribution in [3.8, 4) is 0 Å². The third-order valence-electron chi connectivity index (χ3n) is 8.14. The molecule has 4 aliphatic rings. The summed E-state index contributed by atoms with van der Waals surface area (Å²) in [5.41, 5.74) is 1.29. The third-order valence-corrected chi connectivity index (χ3v) is 8.14. The van der Waals surface area contributed by atoms with Gasteiger partial charge < -0.3 is 14.3 Å². The van der Waals surface area contributed by atoms with Crippen LogP contribution in [0.2, 0.25) is 0 Å². The predicted molar refractivity (Wildman–Crippen MR) is 92.5 cm³/mol. The lowest BCUT2D eigenvalue weighted by atomic mass is 9.46. The molecule has 0 radical (unpaired) electrons. The molecule has 2 bridgehead atoms. The summed E-state index contributed by atoms with van der Waals surface area (Å²) >= 11 is 0. The molecule has 0 saturated heterocycles. The highest BCUT2D eigenvalue weighted by Gasteiger charge is 2.65. The van der Waals surface area contributed by atoms with Crippen molar-refractivity contribution >= 4 is 6.08 Å². The molecule has 3 fully saturated rings. The molecule has 0 amide bonds. The quantitative estimate of drug-likeness (QED) is 0.876. The topological polar surface area (TPSA) is 42.6 Å². The van der Waals surface area contributed by atoms with Crippen molar-refractivity contribution in [2.75, 3.05) is 13.7 Å². The molecule has 3 heteroatoms. The van der Waals surface area contributed by atoms with Crippen molar-refractivity contribution < 1.29 is 14.3 Å². The molecule has 1 aromatic rings. The minimum Gasteiger partial charge on any atom is -0.465 e. The summed E-state index contributed by atoms with van der Waals surface area (Å²) in [5, 5.41) is 11.2. The van der Waals surface area contributed by atoms with Crippen LogP contribution in [0.3, 0.4) is 0 Å². The first-order valence-corrected chi connectivity index (χ1v) is 9.49. The van der Waals surface area contributed by atoms with Crippen LogP contribution in [0, 0.1) is 22.7 Å². The second-order valence-corrected chi connectivity index (χ2v) is 9.14. The maximum absolute atomic E-state index is 11.2. The van der Waals surface area contributed by atoms with Gasteiger partial charge in [-0.3, -0.25) is 0 Å². The molecular formula is C21H28O3. The van der Waals surface area contributed by atoms with Gasteiger partial charge in [-0.05, 0) is 79.3 Å². The van der Waals surface area contributed by atoms with E-state index in [4.69, 9.17) is 9.15 Å². The molecule has 1 aromatic heterocycles. The van der Waals surface area contributed by atoms with E-state index in [-0.39, 0.29) is 5.41 Å². The lowest BCUT2D eigenvalue weighted by Gasteiger charge is -2.58. The van der Waals surface area contributed by atoms with E-state index in [1.807, 2.05) is 6.26 Å². The van der Waals surface area contributed by atoms with Crippen LogP contribution in [-0.4, -0.2) is 24.4 Å². The highest BCUT2D eigenvalue weighted by Crippen LogP contribution is 2.71. The van der Waals surface area contributed by atoms with Crippen molar-refractivity contribution in [3.05, 3.63) is 29.7 Å². The fraction of sp³-hybridized carbons (Fsp3) is 0.714. The summed E-state index contributed by atoms with van der Waals surface area (Å²) < 4.78 is 11.1. The standard InChI is InChI=1S/C21H28O3/c1-19-8-6-17-15(7-10-24-17)16(19)5-9-20-11-14(3-4-18(19)20)21(22,12-20)13-23-2/h6-8,10,14,16,18,22H,3-5,9,11-13H2,1-2H3. The van der Waals surface area contributed by atoms with Gasteiger partial charge in [0.1, 0.15) is 5.76 Å². The number of fused-ring (bicyclic) bond motifs is 5. The Kier molecular flexibility index (Phi) is 3.02. The molecule has 6 unspecified atom stereocenters. The van der Waals surface area contributed by atoms with Crippen LogP contribution < -0.4 is 0 Å². The Hall–Kier alpha value is -1.06. The number of allylic oxidation sites excluding steroid dienone is 1. The first-order chi connectivity index (χ1) is 11.5. The molecule has 24 heavy (non-hydrogen) atoms. The summed E-state index contributed by atoms with van der Waals surface area (Å²) in [6.07, 6.45) is 13.4. The smallest absolute Gasteiger partial charge is 0.129 e. The monoisotopic (exact) mass is 328 g/mol. The predicted octanol–water partition coefficient (Wildman–Crippen LogP) is 4.37. The number of rotatable bonds is 2. The van der Waals surface area contributed by atoms with Crippen LogP contribution >= 0.6 is 0 Å². The Labute approximate surface area is 144 Å². The van der Waals surface area contributed by atoms with E-state index in [2.05, 4.69) is 25.1 Å². The number of hydrogen-bond acceptors (Lipinski definition) is 3. The van der Waals surface area contributed by atoms with Crippen LogP contribution in [0.1, 0.15) is 62.7 Å². The number of ether oxygens (including phenoxy) is 1. The van der Waals surface area contributed by atoms with E-state index in [1.165, 1.54) is 31.2 Å². The summed E-state index contributed by atoms with van der Waals surface area (Å²) in [7, 11) is 1.72. The van der Waals surface area contributed by atoms with Crippen LogP contribution in [0.15, 0.2) is 22.8 Å². The van der Waals surface area contributed by atoms with Crippen LogP contribution in [0.25, 0.3) is 6.08 Å². The first kappa shape index (κ1) is 15.2. The maximum atomic E-state index is 11.2. The molecule has 6 atom stereocenters. The SMILES string of the molecule is COCC1(O)CC23CCC4c5ccoc5C=CC4(C)C2CCC1C3. The largest absolute Gasteiger partial charge is 0.465 e. The Bertz CT molecular complexity index is 691. The van der Waals surface area contributed by atoms with Gasteiger partial charge in [-0.2, -0.15) is 0 Å². The molecule has 0 aromatic carbocycles. The van der Waals surface area contributed by atoms with Gasteiger partial charge in [-0.1, -0.05) is 13.0 Å². The second-order valence-electron chi connectivity index (χ2n) is 9.14. The number of hydrogen-bond donors (Lipinski definition) is 1. The van der Waals surface area contributed by atoms with Gasteiger partial charge in [0.05, 0.1) is 18.5 Å². The summed E-state index contributed by atoms with van der Waals surface area (Å²) in [4.78, 5) is 0. The Morgan fingerprint density at radius 2 is 2.21 bits per heavy atom. The minimum absolute atomic E-state index is 0.193. The van der Waals surface area contributed by atoms with Gasteiger partial charge in [0.25, 0.3) is 0 Å². The number of furan rings is 1. The molecule has 1 spiro atoms. The molecular weight excluding hydrogens is 300 g/mol. The average Bonchev–Trinajstić information content (AvgIpc) is 3.09. The lowest BCUT2D eigenvalue weighted by Crippen LogP contribution is -2.49. The van der Waals surface area contributed by atoms with Crippen molar-refractivity contribution in [3.63, 3.8) is 0 Å². The molecule has 3 nitrogen and oxygen atoms in total. The Morgan fingerprint density at radius 1 is 1.33 bits per heavy atom. The van der Waals surface area contributed by atoms with Crippen LogP contribution in [-0.2, 0) is 4.74 Å². The van der Waals surface area contributed by atoms with Crippen LogP contribution in [0.5, 0.6) is 0 Å². The molecule has 0 aliphatic heterocycles. The third kappa shape index (κ3) is 1.75. The highest BCUT2D eigenvalue weighted by molar-refractivity contribution is 5.55.